The predicted molar refractivity (Wildman–Crippen MR) is 63.8 cm³/mol. The van der Waals surface area contributed by atoms with Crippen LogP contribution in [-0.2, 0) is 14.4 Å². The second kappa shape index (κ2) is 5.32. The van der Waals surface area contributed by atoms with Crippen molar-refractivity contribution in [3.63, 3.8) is 0 Å². The summed E-state index contributed by atoms with van der Waals surface area (Å²) >= 11 is 0. The topological polar surface area (TPSA) is 71.7 Å². The largest absolute Gasteiger partial charge is 0.469 e. The standard InChI is InChI=1S/C13H12N2O3/c1-17-13(16)7-11-6-12(15-18-11)10-4-2-9(8-14)3-5-10/h2-5,11H,6-7H2,1H3. The number of benzene rings is 1. The van der Waals surface area contributed by atoms with Gasteiger partial charge in [-0.2, -0.15) is 5.26 Å². The van der Waals surface area contributed by atoms with Gasteiger partial charge in [0.15, 0.2) is 0 Å². The van der Waals surface area contributed by atoms with E-state index in [-0.39, 0.29) is 18.5 Å². The van der Waals surface area contributed by atoms with Crippen LogP contribution in [0.4, 0.5) is 0 Å². The molecule has 0 fully saturated rings. The molecule has 0 aliphatic carbocycles. The molecule has 1 atom stereocenters. The summed E-state index contributed by atoms with van der Waals surface area (Å²) in [5, 5.41) is 12.7. The van der Waals surface area contributed by atoms with E-state index in [1.807, 2.05) is 12.1 Å². The maximum atomic E-state index is 11.1. The first-order chi connectivity index (χ1) is 8.72. The number of hydrogen-bond acceptors (Lipinski definition) is 5. The van der Waals surface area contributed by atoms with Gasteiger partial charge >= 0.3 is 5.97 Å². The van der Waals surface area contributed by atoms with Crippen LogP contribution in [0.25, 0.3) is 0 Å². The molecule has 0 saturated heterocycles. The number of methoxy groups -OCH3 is 1. The normalized spacial score (nSPS) is 17.6. The first-order valence-electron chi connectivity index (χ1n) is 5.53. The van der Waals surface area contributed by atoms with E-state index < -0.39 is 0 Å². The molecule has 0 aromatic heterocycles. The van der Waals surface area contributed by atoms with Gasteiger partial charge in [0.2, 0.25) is 0 Å². The maximum Gasteiger partial charge on any atom is 0.309 e. The van der Waals surface area contributed by atoms with Crippen LogP contribution in [0, 0.1) is 11.3 Å². The van der Waals surface area contributed by atoms with E-state index in [1.165, 1.54) is 7.11 Å². The summed E-state index contributed by atoms with van der Waals surface area (Å²) in [6, 6.07) is 9.15. The lowest BCUT2D eigenvalue weighted by Crippen LogP contribution is -2.15. The third-order valence-electron chi connectivity index (χ3n) is 2.70. The van der Waals surface area contributed by atoms with Crippen LogP contribution in [-0.4, -0.2) is 24.9 Å². The molecule has 0 N–H and O–H groups in total. The van der Waals surface area contributed by atoms with Crippen molar-refractivity contribution < 1.29 is 14.4 Å². The van der Waals surface area contributed by atoms with Gasteiger partial charge in [-0.15, -0.1) is 0 Å². The molecule has 1 heterocycles. The summed E-state index contributed by atoms with van der Waals surface area (Å²) in [5.74, 6) is -0.309. The highest BCUT2D eigenvalue weighted by Crippen LogP contribution is 2.19. The number of nitrogens with zero attached hydrogens (tertiary/aromatic N) is 2. The van der Waals surface area contributed by atoms with Crippen molar-refractivity contribution >= 4 is 11.7 Å². The first kappa shape index (κ1) is 12.1. The Morgan fingerprint density at radius 1 is 1.56 bits per heavy atom. The van der Waals surface area contributed by atoms with Crippen LogP contribution in [0.15, 0.2) is 29.4 Å². The van der Waals surface area contributed by atoms with Gasteiger partial charge < -0.3 is 9.57 Å². The molecule has 1 aliphatic heterocycles. The predicted octanol–water partition coefficient (Wildman–Crippen LogP) is 1.61. The fourth-order valence-corrected chi connectivity index (χ4v) is 1.71. The number of ether oxygens (including phenoxy) is 1. The highest BCUT2D eigenvalue weighted by atomic mass is 16.6. The molecule has 0 radical (unpaired) electrons. The Labute approximate surface area is 105 Å². The Morgan fingerprint density at radius 3 is 2.89 bits per heavy atom. The van der Waals surface area contributed by atoms with E-state index in [0.29, 0.717) is 12.0 Å². The zero-order valence-electron chi connectivity index (χ0n) is 9.92. The fraction of sp³-hybridized carbons (Fsp3) is 0.308. The summed E-state index contributed by atoms with van der Waals surface area (Å²) in [5.41, 5.74) is 2.29. The molecule has 0 spiro atoms. The van der Waals surface area contributed by atoms with E-state index in [9.17, 15) is 4.79 Å². The van der Waals surface area contributed by atoms with E-state index >= 15 is 0 Å². The summed E-state index contributed by atoms with van der Waals surface area (Å²) in [4.78, 5) is 16.3. The number of hydrogen-bond donors (Lipinski definition) is 0. The van der Waals surface area contributed by atoms with E-state index in [4.69, 9.17) is 10.1 Å². The lowest BCUT2D eigenvalue weighted by Gasteiger charge is -2.05. The summed E-state index contributed by atoms with van der Waals surface area (Å²) in [6.07, 6.45) is 0.504. The number of oxime groups is 1. The maximum absolute atomic E-state index is 11.1. The SMILES string of the molecule is COC(=O)CC1CC(c2ccc(C#N)cc2)=NO1. The Morgan fingerprint density at radius 2 is 2.28 bits per heavy atom. The minimum atomic E-state index is -0.309. The van der Waals surface area contributed by atoms with Gasteiger partial charge in [-0.05, 0) is 17.7 Å². The zero-order valence-corrected chi connectivity index (χ0v) is 9.92. The third-order valence-corrected chi connectivity index (χ3v) is 2.70. The van der Waals surface area contributed by atoms with Gasteiger partial charge in [0.1, 0.15) is 6.10 Å². The van der Waals surface area contributed by atoms with E-state index in [2.05, 4.69) is 16.0 Å². The average Bonchev–Trinajstić information content (AvgIpc) is 2.87. The average molecular weight is 244 g/mol. The zero-order chi connectivity index (χ0) is 13.0. The van der Waals surface area contributed by atoms with Gasteiger partial charge in [-0.3, -0.25) is 4.79 Å². The van der Waals surface area contributed by atoms with Crippen LogP contribution in [0.2, 0.25) is 0 Å². The van der Waals surface area contributed by atoms with Gasteiger partial charge in [-0.1, -0.05) is 17.3 Å². The minimum Gasteiger partial charge on any atom is -0.469 e. The molecule has 1 unspecified atom stereocenters. The fourth-order valence-electron chi connectivity index (χ4n) is 1.71. The van der Waals surface area contributed by atoms with Crippen molar-refractivity contribution in [2.24, 2.45) is 5.16 Å². The molecule has 1 aliphatic rings. The molecule has 1 aromatic rings. The number of carbonyl (C=O) groups is 1. The Bertz CT molecular complexity index is 514. The Balaban J connectivity index is 1.99. The first-order valence-corrected chi connectivity index (χ1v) is 5.53. The van der Waals surface area contributed by atoms with Crippen LogP contribution >= 0.6 is 0 Å². The van der Waals surface area contributed by atoms with Crippen molar-refractivity contribution in [1.29, 1.82) is 5.26 Å². The number of nitriles is 1. The smallest absolute Gasteiger partial charge is 0.309 e. The van der Waals surface area contributed by atoms with Gasteiger partial charge in [0.05, 0.1) is 30.9 Å². The molecule has 5 heteroatoms. The summed E-state index contributed by atoms with van der Waals surface area (Å²) in [7, 11) is 1.35. The number of rotatable bonds is 3. The lowest BCUT2D eigenvalue weighted by atomic mass is 10.0. The van der Waals surface area contributed by atoms with Gasteiger partial charge in [0.25, 0.3) is 0 Å². The Kier molecular flexibility index (Phi) is 3.58. The molecule has 5 nitrogen and oxygen atoms in total. The molecule has 92 valence electrons. The third kappa shape index (κ3) is 2.66. The summed E-state index contributed by atoms with van der Waals surface area (Å²) in [6.45, 7) is 0. The second-order valence-electron chi connectivity index (χ2n) is 3.94. The van der Waals surface area contributed by atoms with Crippen LogP contribution in [0.5, 0.6) is 0 Å². The van der Waals surface area contributed by atoms with Crippen molar-refractivity contribution in [3.05, 3.63) is 35.4 Å². The Hall–Kier alpha value is -2.35. The van der Waals surface area contributed by atoms with Crippen molar-refractivity contribution in [1.82, 2.24) is 0 Å². The van der Waals surface area contributed by atoms with Crippen molar-refractivity contribution in [3.8, 4) is 6.07 Å². The molecule has 2 rings (SSSR count). The molecule has 18 heavy (non-hydrogen) atoms. The van der Waals surface area contributed by atoms with E-state index in [0.717, 1.165) is 11.3 Å². The highest BCUT2D eigenvalue weighted by Gasteiger charge is 2.24. The molecule has 0 bridgehead atoms. The van der Waals surface area contributed by atoms with E-state index in [1.54, 1.807) is 12.1 Å². The molecular formula is C13H12N2O3. The molecule has 1 aromatic carbocycles. The van der Waals surface area contributed by atoms with Crippen LogP contribution in [0.1, 0.15) is 24.0 Å². The van der Waals surface area contributed by atoms with Gasteiger partial charge in [0, 0.05) is 6.42 Å². The monoisotopic (exact) mass is 244 g/mol. The molecule has 0 saturated carbocycles. The van der Waals surface area contributed by atoms with Crippen molar-refractivity contribution in [2.75, 3.05) is 7.11 Å². The quantitative estimate of drug-likeness (QED) is 0.757. The lowest BCUT2D eigenvalue weighted by molar-refractivity contribution is -0.143. The second-order valence-corrected chi connectivity index (χ2v) is 3.94. The summed E-state index contributed by atoms with van der Waals surface area (Å²) < 4.78 is 4.58. The van der Waals surface area contributed by atoms with Crippen molar-refractivity contribution in [2.45, 2.75) is 18.9 Å². The highest BCUT2D eigenvalue weighted by molar-refractivity contribution is 6.01. The minimum absolute atomic E-state index is 0.194. The number of carbonyl (C=O) groups excluding carboxylic acids is 1. The van der Waals surface area contributed by atoms with Gasteiger partial charge in [-0.25, -0.2) is 0 Å². The molecule has 0 amide bonds. The number of esters is 1. The van der Waals surface area contributed by atoms with Crippen LogP contribution < -0.4 is 0 Å². The molecular weight excluding hydrogens is 232 g/mol. The van der Waals surface area contributed by atoms with Crippen LogP contribution in [0.3, 0.4) is 0 Å².